The Hall–Kier alpha value is -1.10. The number of likely N-dealkylation sites (tertiary alicyclic amines) is 1. The van der Waals surface area contributed by atoms with Crippen LogP contribution >= 0.6 is 0 Å². The second-order valence-electron chi connectivity index (χ2n) is 3.50. The normalized spacial score (nSPS) is 23.4. The molecule has 0 radical (unpaired) electrons. The first-order chi connectivity index (χ1) is 6.57. The van der Waals surface area contributed by atoms with E-state index in [1.807, 2.05) is 0 Å². The van der Waals surface area contributed by atoms with Gasteiger partial charge in [0.15, 0.2) is 0 Å². The highest BCUT2D eigenvalue weighted by molar-refractivity contribution is 5.87. The van der Waals surface area contributed by atoms with Gasteiger partial charge >= 0.3 is 5.97 Å². The average molecular weight is 200 g/mol. The summed E-state index contributed by atoms with van der Waals surface area (Å²) >= 11 is 0. The molecule has 1 aliphatic rings. The molecule has 0 aromatic carbocycles. The van der Waals surface area contributed by atoms with Crippen molar-refractivity contribution >= 4 is 11.9 Å². The molecule has 1 aliphatic heterocycles. The van der Waals surface area contributed by atoms with Gasteiger partial charge in [-0.2, -0.15) is 0 Å². The lowest BCUT2D eigenvalue weighted by atomic mass is 10.2. The molecular formula is C9H16N2O3. The van der Waals surface area contributed by atoms with Gasteiger partial charge < -0.3 is 15.4 Å². The van der Waals surface area contributed by atoms with E-state index in [1.54, 1.807) is 6.92 Å². The van der Waals surface area contributed by atoms with Crippen molar-refractivity contribution in [2.24, 2.45) is 5.73 Å². The fourth-order valence-corrected chi connectivity index (χ4v) is 1.67. The van der Waals surface area contributed by atoms with E-state index < -0.39 is 12.1 Å². The van der Waals surface area contributed by atoms with Gasteiger partial charge in [0.05, 0.1) is 13.2 Å². The topological polar surface area (TPSA) is 72.6 Å². The van der Waals surface area contributed by atoms with Crippen LogP contribution in [0.4, 0.5) is 0 Å². The number of carbonyl (C=O) groups is 2. The third kappa shape index (κ3) is 2.04. The largest absolute Gasteiger partial charge is 0.467 e. The fourth-order valence-electron chi connectivity index (χ4n) is 1.67. The van der Waals surface area contributed by atoms with Crippen molar-refractivity contribution in [1.29, 1.82) is 0 Å². The van der Waals surface area contributed by atoms with Crippen LogP contribution in [0, 0.1) is 0 Å². The molecule has 0 aliphatic carbocycles. The predicted molar refractivity (Wildman–Crippen MR) is 50.4 cm³/mol. The van der Waals surface area contributed by atoms with Gasteiger partial charge in [-0.05, 0) is 19.8 Å². The average Bonchev–Trinajstić information content (AvgIpc) is 2.63. The molecule has 0 bridgehead atoms. The first-order valence-corrected chi connectivity index (χ1v) is 4.71. The number of nitrogens with zero attached hydrogens (tertiary/aromatic N) is 1. The Balaban J connectivity index is 2.68. The van der Waals surface area contributed by atoms with Crippen LogP contribution in [-0.4, -0.2) is 42.5 Å². The minimum Gasteiger partial charge on any atom is -0.467 e. The van der Waals surface area contributed by atoms with E-state index in [0.717, 1.165) is 6.42 Å². The summed E-state index contributed by atoms with van der Waals surface area (Å²) < 4.78 is 4.62. The number of nitrogens with two attached hydrogens (primary N) is 1. The lowest BCUT2D eigenvalue weighted by Gasteiger charge is -2.24. The molecule has 1 heterocycles. The summed E-state index contributed by atoms with van der Waals surface area (Å²) in [5, 5.41) is 0. The maximum absolute atomic E-state index is 11.6. The zero-order valence-electron chi connectivity index (χ0n) is 8.53. The second-order valence-corrected chi connectivity index (χ2v) is 3.50. The molecule has 5 heteroatoms. The summed E-state index contributed by atoms with van der Waals surface area (Å²) in [6, 6.07) is -0.987. The molecule has 1 fully saturated rings. The molecule has 0 aromatic heterocycles. The third-order valence-corrected chi connectivity index (χ3v) is 2.40. The molecule has 1 saturated heterocycles. The van der Waals surface area contributed by atoms with E-state index >= 15 is 0 Å². The van der Waals surface area contributed by atoms with Crippen molar-refractivity contribution in [3.63, 3.8) is 0 Å². The molecule has 5 nitrogen and oxygen atoms in total. The number of rotatable bonds is 2. The van der Waals surface area contributed by atoms with Gasteiger partial charge in [-0.25, -0.2) is 4.79 Å². The van der Waals surface area contributed by atoms with Crippen molar-refractivity contribution < 1.29 is 14.3 Å². The van der Waals surface area contributed by atoms with Crippen LogP contribution in [0.5, 0.6) is 0 Å². The third-order valence-electron chi connectivity index (χ3n) is 2.40. The fraction of sp³-hybridized carbons (Fsp3) is 0.778. The van der Waals surface area contributed by atoms with Crippen LogP contribution in [0.1, 0.15) is 19.8 Å². The Bertz CT molecular complexity index is 240. The molecule has 0 aromatic rings. The van der Waals surface area contributed by atoms with Crippen LogP contribution in [0.3, 0.4) is 0 Å². The molecule has 1 amide bonds. The van der Waals surface area contributed by atoms with Crippen molar-refractivity contribution in [1.82, 2.24) is 4.90 Å². The molecule has 0 spiro atoms. The van der Waals surface area contributed by atoms with Crippen LogP contribution < -0.4 is 5.73 Å². The number of amides is 1. The highest BCUT2D eigenvalue weighted by Crippen LogP contribution is 2.18. The minimum absolute atomic E-state index is 0.182. The van der Waals surface area contributed by atoms with Crippen LogP contribution in [0.15, 0.2) is 0 Å². The minimum atomic E-state index is -0.555. The number of carbonyl (C=O) groups excluding carboxylic acids is 2. The monoisotopic (exact) mass is 200 g/mol. The summed E-state index contributed by atoms with van der Waals surface area (Å²) in [5.41, 5.74) is 5.48. The highest BCUT2D eigenvalue weighted by Gasteiger charge is 2.35. The Labute approximate surface area is 83.2 Å². The molecular weight excluding hydrogens is 184 g/mol. The van der Waals surface area contributed by atoms with Gasteiger partial charge in [-0.1, -0.05) is 0 Å². The van der Waals surface area contributed by atoms with Gasteiger partial charge in [0.25, 0.3) is 0 Å². The van der Waals surface area contributed by atoms with E-state index in [0.29, 0.717) is 13.0 Å². The van der Waals surface area contributed by atoms with E-state index in [2.05, 4.69) is 4.74 Å². The van der Waals surface area contributed by atoms with Gasteiger partial charge in [-0.15, -0.1) is 0 Å². The van der Waals surface area contributed by atoms with Crippen molar-refractivity contribution in [3.05, 3.63) is 0 Å². The molecule has 1 unspecified atom stereocenters. The summed E-state index contributed by atoms with van der Waals surface area (Å²) in [6.45, 7) is 2.22. The number of esters is 1. The molecule has 80 valence electrons. The van der Waals surface area contributed by atoms with Gasteiger partial charge in [0.2, 0.25) is 5.91 Å². The Morgan fingerprint density at radius 2 is 2.21 bits per heavy atom. The van der Waals surface area contributed by atoms with Crippen molar-refractivity contribution in [2.45, 2.75) is 31.8 Å². The molecule has 1 rings (SSSR count). The zero-order chi connectivity index (χ0) is 10.7. The lowest BCUT2D eigenvalue weighted by Crippen LogP contribution is -2.47. The Morgan fingerprint density at radius 1 is 1.57 bits per heavy atom. The lowest BCUT2D eigenvalue weighted by molar-refractivity contribution is -0.151. The first kappa shape index (κ1) is 11.0. The van der Waals surface area contributed by atoms with Gasteiger partial charge in [-0.3, -0.25) is 4.79 Å². The number of hydrogen-bond acceptors (Lipinski definition) is 4. The molecule has 2 atom stereocenters. The van der Waals surface area contributed by atoms with Gasteiger partial charge in [0.1, 0.15) is 6.04 Å². The zero-order valence-corrected chi connectivity index (χ0v) is 8.53. The summed E-state index contributed by atoms with van der Waals surface area (Å²) in [5.74, 6) is -0.533. The molecule has 0 saturated carbocycles. The second kappa shape index (κ2) is 4.41. The number of hydrogen-bond donors (Lipinski definition) is 1. The number of methoxy groups -OCH3 is 1. The van der Waals surface area contributed by atoms with Crippen LogP contribution in [0.2, 0.25) is 0 Å². The van der Waals surface area contributed by atoms with Crippen LogP contribution in [-0.2, 0) is 14.3 Å². The predicted octanol–water partition coefficient (Wildman–Crippen LogP) is -0.502. The van der Waals surface area contributed by atoms with Crippen molar-refractivity contribution in [2.75, 3.05) is 13.7 Å². The summed E-state index contributed by atoms with van der Waals surface area (Å²) in [4.78, 5) is 24.4. The van der Waals surface area contributed by atoms with Crippen molar-refractivity contribution in [3.8, 4) is 0 Å². The quantitative estimate of drug-likeness (QED) is 0.610. The Morgan fingerprint density at radius 3 is 2.71 bits per heavy atom. The molecule has 2 N–H and O–H groups in total. The van der Waals surface area contributed by atoms with Gasteiger partial charge in [0, 0.05) is 6.54 Å². The SMILES string of the molecule is COC(=O)[C@@H]1CCCN1C(=O)C(C)N. The standard InChI is InChI=1S/C9H16N2O3/c1-6(10)8(12)11-5-3-4-7(11)9(13)14-2/h6-7H,3-5,10H2,1-2H3/t6?,7-/m0/s1. The van der Waals surface area contributed by atoms with E-state index in [-0.39, 0.29) is 11.9 Å². The Kier molecular flexibility index (Phi) is 3.46. The summed E-state index contributed by atoms with van der Waals surface area (Å²) in [7, 11) is 1.33. The maximum Gasteiger partial charge on any atom is 0.328 e. The summed E-state index contributed by atoms with van der Waals surface area (Å²) in [6.07, 6.45) is 1.50. The van der Waals surface area contributed by atoms with E-state index in [1.165, 1.54) is 12.0 Å². The highest BCUT2D eigenvalue weighted by atomic mass is 16.5. The van der Waals surface area contributed by atoms with E-state index in [4.69, 9.17) is 5.73 Å². The maximum atomic E-state index is 11.6. The van der Waals surface area contributed by atoms with Crippen LogP contribution in [0.25, 0.3) is 0 Å². The van der Waals surface area contributed by atoms with E-state index in [9.17, 15) is 9.59 Å². The first-order valence-electron chi connectivity index (χ1n) is 4.71. The smallest absolute Gasteiger partial charge is 0.328 e. The number of ether oxygens (including phenoxy) is 1. The molecule has 14 heavy (non-hydrogen) atoms.